The van der Waals surface area contributed by atoms with Crippen LogP contribution in [-0.4, -0.2) is 54.4 Å². The lowest BCUT2D eigenvalue weighted by Crippen LogP contribution is -2.47. The molecule has 0 radical (unpaired) electrons. The van der Waals surface area contributed by atoms with Crippen molar-refractivity contribution in [2.45, 2.75) is 25.6 Å². The van der Waals surface area contributed by atoms with E-state index in [2.05, 4.69) is 25.7 Å². The molecule has 1 aliphatic rings. The zero-order chi connectivity index (χ0) is 24.6. The highest BCUT2D eigenvalue weighted by atomic mass is 19.4. The fourth-order valence-electron chi connectivity index (χ4n) is 3.44. The molecule has 3 N–H and O–H groups in total. The first kappa shape index (κ1) is 25.1. The van der Waals surface area contributed by atoms with E-state index in [0.29, 0.717) is 30.9 Å². The van der Waals surface area contributed by atoms with Crippen LogP contribution in [-0.2, 0) is 6.54 Å². The van der Waals surface area contributed by atoms with E-state index in [0.717, 1.165) is 12.8 Å². The van der Waals surface area contributed by atoms with Crippen LogP contribution in [0.1, 0.15) is 18.4 Å². The number of hydrogen-bond acceptors (Lipinski definition) is 4. The first-order chi connectivity index (χ1) is 16.2. The van der Waals surface area contributed by atoms with E-state index >= 15 is 0 Å². The number of nitrogens with one attached hydrogen (secondary N) is 3. The van der Waals surface area contributed by atoms with E-state index in [4.69, 9.17) is 0 Å². The highest BCUT2D eigenvalue weighted by molar-refractivity contribution is 5.89. The number of amides is 4. The predicted molar refractivity (Wildman–Crippen MR) is 116 cm³/mol. The summed E-state index contributed by atoms with van der Waals surface area (Å²) in [5.41, 5.74) is 0.952. The Morgan fingerprint density at radius 2 is 2.00 bits per heavy atom. The number of carbonyl (C=O) groups is 2. The molecule has 4 amide bonds. The third-order valence-corrected chi connectivity index (χ3v) is 5.07. The van der Waals surface area contributed by atoms with Gasteiger partial charge in [0.25, 0.3) is 0 Å². The maximum absolute atomic E-state index is 13.2. The molecule has 34 heavy (non-hydrogen) atoms. The van der Waals surface area contributed by atoms with Crippen molar-refractivity contribution in [3.05, 3.63) is 54.0 Å². The number of hydrogen-bond donors (Lipinski definition) is 3. The minimum Gasteiger partial charge on any atom is -0.468 e. The molecule has 2 aromatic rings. The zero-order valence-corrected chi connectivity index (χ0v) is 18.2. The normalized spacial score (nSPS) is 16.0. The fraction of sp³-hybridized carbons (Fsp3) is 0.409. The molecular formula is C22H25F4N5O3. The Morgan fingerprint density at radius 1 is 1.18 bits per heavy atom. The molecule has 0 aliphatic carbocycles. The van der Waals surface area contributed by atoms with E-state index in [1.807, 2.05) is 0 Å². The molecule has 1 aromatic carbocycles. The number of carbonyl (C=O) groups excluding carboxylic acids is 2. The quantitative estimate of drug-likeness (QED) is 0.521. The van der Waals surface area contributed by atoms with Crippen LogP contribution in [0.4, 0.5) is 32.8 Å². The highest BCUT2D eigenvalue weighted by Crippen LogP contribution is 2.18. The lowest BCUT2D eigenvalue weighted by molar-refractivity contribution is -0.154. The second-order valence-corrected chi connectivity index (χ2v) is 7.87. The molecule has 1 saturated heterocycles. The molecule has 8 nitrogen and oxygen atoms in total. The summed E-state index contributed by atoms with van der Waals surface area (Å²) in [6.07, 6.45) is -1.49. The molecule has 3 rings (SSSR count). The Balaban J connectivity index is 1.39. The molecule has 1 fully saturated rings. The van der Waals surface area contributed by atoms with Crippen LogP contribution in [0.15, 0.2) is 42.6 Å². The molecule has 1 aromatic heterocycles. The van der Waals surface area contributed by atoms with Crippen molar-refractivity contribution in [3.8, 4) is 5.88 Å². The van der Waals surface area contributed by atoms with Crippen LogP contribution in [0.5, 0.6) is 5.88 Å². The van der Waals surface area contributed by atoms with Gasteiger partial charge in [0.1, 0.15) is 5.82 Å². The Labute approximate surface area is 193 Å². The van der Waals surface area contributed by atoms with Gasteiger partial charge in [0, 0.05) is 44.1 Å². The van der Waals surface area contributed by atoms with Gasteiger partial charge < -0.3 is 25.6 Å². The number of alkyl halides is 3. The van der Waals surface area contributed by atoms with Crippen molar-refractivity contribution in [2.75, 3.05) is 31.6 Å². The van der Waals surface area contributed by atoms with Gasteiger partial charge in [0.2, 0.25) is 5.88 Å². The lowest BCUT2D eigenvalue weighted by Gasteiger charge is -2.32. The number of nitrogens with zero attached hydrogens (tertiary/aromatic N) is 2. The molecule has 1 aliphatic heterocycles. The molecule has 12 heteroatoms. The Hall–Kier alpha value is -3.57. The second-order valence-electron chi connectivity index (χ2n) is 7.87. The maximum Gasteiger partial charge on any atom is 0.422 e. The molecule has 1 atom stereocenters. The molecule has 1 unspecified atom stereocenters. The smallest absolute Gasteiger partial charge is 0.422 e. The van der Waals surface area contributed by atoms with Crippen molar-refractivity contribution in [1.29, 1.82) is 0 Å². The number of urea groups is 2. The minimum atomic E-state index is -4.44. The topological polar surface area (TPSA) is 95.6 Å². The summed E-state index contributed by atoms with van der Waals surface area (Å²) in [7, 11) is 0. The number of likely N-dealkylation sites (tertiary alicyclic amines) is 1. The summed E-state index contributed by atoms with van der Waals surface area (Å²) in [4.78, 5) is 30.0. The Kier molecular flexibility index (Phi) is 8.50. The number of aromatic nitrogens is 1. The van der Waals surface area contributed by atoms with Crippen LogP contribution in [0.3, 0.4) is 0 Å². The van der Waals surface area contributed by atoms with Gasteiger partial charge in [-0.05, 0) is 42.5 Å². The number of halogens is 4. The predicted octanol–water partition coefficient (Wildman–Crippen LogP) is 3.91. The van der Waals surface area contributed by atoms with E-state index < -0.39 is 24.6 Å². The SMILES string of the molecule is O=C(NCC1CCCN(C(=O)NCc2ccc(OCC(F)(F)F)nc2)C1)Nc1cccc(F)c1. The first-order valence-corrected chi connectivity index (χ1v) is 10.7. The van der Waals surface area contributed by atoms with Crippen molar-refractivity contribution in [1.82, 2.24) is 20.5 Å². The third-order valence-electron chi connectivity index (χ3n) is 5.07. The first-order valence-electron chi connectivity index (χ1n) is 10.7. The van der Waals surface area contributed by atoms with Crippen LogP contribution in [0.25, 0.3) is 0 Å². The lowest BCUT2D eigenvalue weighted by atomic mass is 9.98. The monoisotopic (exact) mass is 483 g/mol. The van der Waals surface area contributed by atoms with Gasteiger partial charge in [0.05, 0.1) is 0 Å². The van der Waals surface area contributed by atoms with E-state index in [1.165, 1.54) is 36.5 Å². The fourth-order valence-corrected chi connectivity index (χ4v) is 3.44. The van der Waals surface area contributed by atoms with Gasteiger partial charge in [0.15, 0.2) is 6.61 Å². The number of ether oxygens (including phenoxy) is 1. The minimum absolute atomic E-state index is 0.0597. The van der Waals surface area contributed by atoms with Crippen LogP contribution in [0, 0.1) is 11.7 Å². The van der Waals surface area contributed by atoms with Gasteiger partial charge in [-0.3, -0.25) is 0 Å². The van der Waals surface area contributed by atoms with Crippen molar-refractivity contribution < 1.29 is 31.9 Å². The number of rotatable bonds is 7. The number of benzene rings is 1. The average molecular weight is 483 g/mol. The van der Waals surface area contributed by atoms with Gasteiger partial charge in [-0.2, -0.15) is 13.2 Å². The summed E-state index contributed by atoms with van der Waals surface area (Å²) in [6.45, 7) is 0.109. The van der Waals surface area contributed by atoms with Crippen LogP contribution >= 0.6 is 0 Å². The summed E-state index contributed by atoms with van der Waals surface area (Å²) < 4.78 is 54.3. The van der Waals surface area contributed by atoms with Crippen LogP contribution in [0.2, 0.25) is 0 Å². The zero-order valence-electron chi connectivity index (χ0n) is 18.2. The Morgan fingerprint density at radius 3 is 2.71 bits per heavy atom. The molecular weight excluding hydrogens is 458 g/mol. The number of piperidine rings is 1. The summed E-state index contributed by atoms with van der Waals surface area (Å²) in [5.74, 6) is -0.544. The highest BCUT2D eigenvalue weighted by Gasteiger charge is 2.28. The van der Waals surface area contributed by atoms with Gasteiger partial charge in [-0.1, -0.05) is 12.1 Å². The molecule has 0 bridgehead atoms. The van der Waals surface area contributed by atoms with Crippen molar-refractivity contribution in [3.63, 3.8) is 0 Å². The molecule has 184 valence electrons. The second kappa shape index (κ2) is 11.5. The summed E-state index contributed by atoms with van der Waals surface area (Å²) in [5, 5.41) is 8.06. The maximum atomic E-state index is 13.2. The van der Waals surface area contributed by atoms with Crippen molar-refractivity contribution in [2.24, 2.45) is 5.92 Å². The van der Waals surface area contributed by atoms with E-state index in [9.17, 15) is 27.2 Å². The number of pyridine rings is 1. The van der Waals surface area contributed by atoms with Crippen molar-refractivity contribution >= 4 is 17.7 Å². The van der Waals surface area contributed by atoms with E-state index in [-0.39, 0.29) is 24.4 Å². The average Bonchev–Trinajstić information content (AvgIpc) is 2.80. The summed E-state index contributed by atoms with van der Waals surface area (Å²) in [6, 6.07) is 7.66. The van der Waals surface area contributed by atoms with Gasteiger partial charge in [-0.25, -0.2) is 19.0 Å². The standard InChI is InChI=1S/C22H25F4N5O3/c23-17-4-1-5-18(9-17)30-20(32)28-12-16-3-2-8-31(13-16)21(33)29-11-15-6-7-19(27-10-15)34-14-22(24,25)26/h1,4-7,9-10,16H,2-3,8,11-14H2,(H,29,33)(H2,28,30,32). The largest absolute Gasteiger partial charge is 0.468 e. The molecule has 0 spiro atoms. The molecule has 0 saturated carbocycles. The third kappa shape index (κ3) is 8.41. The summed E-state index contributed by atoms with van der Waals surface area (Å²) >= 11 is 0. The Bertz CT molecular complexity index is 972. The number of anilines is 1. The van der Waals surface area contributed by atoms with E-state index in [1.54, 1.807) is 11.0 Å². The van der Waals surface area contributed by atoms with Crippen LogP contribution < -0.4 is 20.7 Å². The van der Waals surface area contributed by atoms with Gasteiger partial charge in [-0.15, -0.1) is 0 Å². The molecule has 2 heterocycles. The van der Waals surface area contributed by atoms with Gasteiger partial charge >= 0.3 is 18.2 Å².